The van der Waals surface area contributed by atoms with Crippen LogP contribution in [0.4, 0.5) is 0 Å². The molecule has 7 heteroatoms. The zero-order chi connectivity index (χ0) is 29.7. The summed E-state index contributed by atoms with van der Waals surface area (Å²) in [5, 5.41) is 11.4. The Hall–Kier alpha value is -3.10. The second-order valence-electron chi connectivity index (χ2n) is 12.5. The Bertz CT molecular complexity index is 1510. The fourth-order valence-corrected chi connectivity index (χ4v) is 8.42. The van der Waals surface area contributed by atoms with Crippen LogP contribution in [0, 0.1) is 0 Å². The van der Waals surface area contributed by atoms with E-state index in [0.717, 1.165) is 68.5 Å². The van der Waals surface area contributed by atoms with E-state index in [1.807, 2.05) is 6.07 Å². The van der Waals surface area contributed by atoms with Crippen molar-refractivity contribution in [3.8, 4) is 27.7 Å². The van der Waals surface area contributed by atoms with Crippen molar-refractivity contribution in [3.63, 3.8) is 0 Å². The van der Waals surface area contributed by atoms with Crippen LogP contribution in [0.3, 0.4) is 0 Å². The van der Waals surface area contributed by atoms with Crippen LogP contribution in [0.2, 0.25) is 0 Å². The van der Waals surface area contributed by atoms with Crippen LogP contribution in [0.5, 0.6) is 17.2 Å². The summed E-state index contributed by atoms with van der Waals surface area (Å²) >= 11 is 1.75. The molecular formula is C37H44N2O4S. The van der Waals surface area contributed by atoms with Gasteiger partial charge in [0.1, 0.15) is 30.0 Å². The van der Waals surface area contributed by atoms with Gasteiger partial charge in [-0.1, -0.05) is 18.6 Å². The Morgan fingerprint density at radius 1 is 0.818 bits per heavy atom. The van der Waals surface area contributed by atoms with Gasteiger partial charge in [0.05, 0.1) is 13.2 Å². The smallest absolute Gasteiger partial charge is 0.119 e. The number of likely N-dealkylation sites (tertiary alicyclic amines) is 1. The lowest BCUT2D eigenvalue weighted by molar-refractivity contribution is -0.0281. The van der Waals surface area contributed by atoms with Crippen molar-refractivity contribution in [2.24, 2.45) is 0 Å². The van der Waals surface area contributed by atoms with Crippen molar-refractivity contribution in [2.45, 2.75) is 57.1 Å². The Labute approximate surface area is 265 Å². The fourth-order valence-electron chi connectivity index (χ4n) is 7.16. The normalized spacial score (nSPS) is 21.5. The van der Waals surface area contributed by atoms with E-state index in [-0.39, 0.29) is 6.10 Å². The molecule has 7 rings (SSSR count). The van der Waals surface area contributed by atoms with Gasteiger partial charge in [-0.05, 0) is 128 Å². The molecule has 1 saturated carbocycles. The Morgan fingerprint density at radius 2 is 1.57 bits per heavy atom. The predicted octanol–water partition coefficient (Wildman–Crippen LogP) is 7.36. The number of morpholine rings is 1. The molecule has 2 saturated heterocycles. The average Bonchev–Trinajstić information content (AvgIpc) is 3.71. The van der Waals surface area contributed by atoms with Crippen molar-refractivity contribution in [1.29, 1.82) is 0 Å². The first-order chi connectivity index (χ1) is 21.7. The lowest BCUT2D eigenvalue weighted by Crippen LogP contribution is -2.52. The molecule has 232 valence electrons. The van der Waals surface area contributed by atoms with Gasteiger partial charge in [-0.25, -0.2) is 0 Å². The van der Waals surface area contributed by atoms with Crippen molar-refractivity contribution < 1.29 is 19.3 Å². The van der Waals surface area contributed by atoms with E-state index in [0.29, 0.717) is 11.8 Å². The molecule has 2 unspecified atom stereocenters. The zero-order valence-electron chi connectivity index (χ0n) is 25.6. The lowest BCUT2D eigenvalue weighted by atomic mass is 9.91. The highest BCUT2D eigenvalue weighted by Crippen LogP contribution is 2.41. The fraction of sp³-hybridized carbons (Fsp3) is 0.459. The van der Waals surface area contributed by atoms with Crippen molar-refractivity contribution in [1.82, 2.24) is 9.80 Å². The minimum atomic E-state index is 0.236. The molecule has 2 aliphatic heterocycles. The number of rotatable bonds is 10. The summed E-state index contributed by atoms with van der Waals surface area (Å²) in [5.74, 6) is 2.18. The maximum atomic E-state index is 10.2. The topological polar surface area (TPSA) is 54.4 Å². The number of phenolic OH excluding ortho intramolecular Hbond substituents is 1. The quantitative estimate of drug-likeness (QED) is 0.202. The number of phenols is 1. The third-order valence-corrected chi connectivity index (χ3v) is 10.8. The Kier molecular flexibility index (Phi) is 9.35. The number of aromatic hydroxyl groups is 1. The average molecular weight is 613 g/mol. The van der Waals surface area contributed by atoms with Crippen LogP contribution in [-0.4, -0.2) is 79.6 Å². The van der Waals surface area contributed by atoms with Gasteiger partial charge >= 0.3 is 0 Å². The van der Waals surface area contributed by atoms with Crippen LogP contribution in [0.15, 0.2) is 66.7 Å². The molecule has 3 heterocycles. The summed E-state index contributed by atoms with van der Waals surface area (Å²) in [6.07, 6.45) is 8.49. The standard InChI is InChI=1S/C37H44N2O4S/c40-29-11-16-32-33(37(44-36(32)26-29)28-9-14-30(15-10-28)42-24-19-38-17-3-4-18-38)25-27-7-12-31(13-8-27)43-35-6-2-1-5-34(35)39-20-22-41-23-21-39/h7-16,26,34-35,40H,1-6,17-25H2. The van der Waals surface area contributed by atoms with E-state index < -0.39 is 0 Å². The number of hydrogen-bond acceptors (Lipinski definition) is 7. The number of thiophene rings is 1. The van der Waals surface area contributed by atoms with Crippen molar-refractivity contribution >= 4 is 21.4 Å². The minimum Gasteiger partial charge on any atom is -0.508 e. The van der Waals surface area contributed by atoms with Gasteiger partial charge in [0.25, 0.3) is 0 Å². The third-order valence-electron chi connectivity index (χ3n) is 9.54. The first kappa shape index (κ1) is 29.6. The van der Waals surface area contributed by atoms with E-state index in [4.69, 9.17) is 14.2 Å². The summed E-state index contributed by atoms with van der Waals surface area (Å²) in [7, 11) is 0. The molecule has 1 aromatic heterocycles. The lowest BCUT2D eigenvalue weighted by Gasteiger charge is -2.41. The minimum absolute atomic E-state index is 0.236. The molecular weight excluding hydrogens is 568 g/mol. The maximum Gasteiger partial charge on any atom is 0.119 e. The van der Waals surface area contributed by atoms with E-state index in [1.165, 1.54) is 72.1 Å². The molecule has 0 bridgehead atoms. The summed E-state index contributed by atoms with van der Waals surface area (Å²) in [6, 6.07) is 23.5. The number of fused-ring (bicyclic) bond motifs is 1. The highest BCUT2D eigenvalue weighted by Gasteiger charge is 2.32. The molecule has 0 radical (unpaired) electrons. The van der Waals surface area contributed by atoms with Gasteiger partial charge < -0.3 is 19.3 Å². The van der Waals surface area contributed by atoms with Gasteiger partial charge in [0.2, 0.25) is 0 Å². The summed E-state index contributed by atoms with van der Waals surface area (Å²) in [6.45, 7) is 7.77. The van der Waals surface area contributed by atoms with Gasteiger partial charge in [-0.2, -0.15) is 0 Å². The maximum absolute atomic E-state index is 10.2. The molecule has 0 spiro atoms. The molecule has 1 N–H and O–H groups in total. The number of hydrogen-bond donors (Lipinski definition) is 1. The second kappa shape index (κ2) is 13.9. The van der Waals surface area contributed by atoms with Crippen LogP contribution in [0.1, 0.15) is 49.7 Å². The molecule has 44 heavy (non-hydrogen) atoms. The summed E-state index contributed by atoms with van der Waals surface area (Å²) < 4.78 is 19.4. The summed E-state index contributed by atoms with van der Waals surface area (Å²) in [5.41, 5.74) is 3.72. The van der Waals surface area contributed by atoms with E-state index >= 15 is 0 Å². The van der Waals surface area contributed by atoms with Crippen LogP contribution >= 0.6 is 11.3 Å². The van der Waals surface area contributed by atoms with Crippen LogP contribution < -0.4 is 9.47 Å². The van der Waals surface area contributed by atoms with Gasteiger partial charge in [0.15, 0.2) is 0 Å². The molecule has 1 aliphatic carbocycles. The van der Waals surface area contributed by atoms with E-state index in [1.54, 1.807) is 17.4 Å². The van der Waals surface area contributed by atoms with Gasteiger partial charge in [0, 0.05) is 35.3 Å². The summed E-state index contributed by atoms with van der Waals surface area (Å²) in [4.78, 5) is 6.30. The third kappa shape index (κ3) is 6.91. The molecule has 2 atom stereocenters. The first-order valence-corrected chi connectivity index (χ1v) is 17.3. The van der Waals surface area contributed by atoms with Crippen molar-refractivity contribution in [2.75, 3.05) is 52.5 Å². The molecule has 3 fully saturated rings. The largest absolute Gasteiger partial charge is 0.508 e. The Morgan fingerprint density at radius 3 is 2.36 bits per heavy atom. The SMILES string of the molecule is Oc1ccc2c(Cc3ccc(OC4CCCCC4N4CCOCC4)cc3)c(-c3ccc(OCCN4CCCC4)cc3)sc2c1. The van der Waals surface area contributed by atoms with Crippen molar-refractivity contribution in [3.05, 3.63) is 77.9 Å². The van der Waals surface area contributed by atoms with Gasteiger partial charge in [-0.3, -0.25) is 9.80 Å². The van der Waals surface area contributed by atoms with E-state index in [9.17, 15) is 5.11 Å². The number of ether oxygens (including phenoxy) is 3. The van der Waals surface area contributed by atoms with E-state index in [2.05, 4.69) is 64.4 Å². The molecule has 3 aliphatic rings. The molecule has 6 nitrogen and oxygen atoms in total. The zero-order valence-corrected chi connectivity index (χ0v) is 26.4. The van der Waals surface area contributed by atoms with Gasteiger partial charge in [-0.15, -0.1) is 11.3 Å². The second-order valence-corrected chi connectivity index (χ2v) is 13.5. The molecule has 0 amide bonds. The molecule has 4 aromatic rings. The highest BCUT2D eigenvalue weighted by atomic mass is 32.1. The monoisotopic (exact) mass is 612 g/mol. The van der Waals surface area contributed by atoms with Crippen LogP contribution in [0.25, 0.3) is 20.5 Å². The predicted molar refractivity (Wildman–Crippen MR) is 178 cm³/mol. The molecule has 3 aromatic carbocycles. The highest BCUT2D eigenvalue weighted by molar-refractivity contribution is 7.22. The number of nitrogens with zero attached hydrogens (tertiary/aromatic N) is 2. The first-order valence-electron chi connectivity index (χ1n) is 16.5. The Balaban J connectivity index is 1.06. The van der Waals surface area contributed by atoms with Crippen LogP contribution in [-0.2, 0) is 11.2 Å². The number of benzene rings is 3.